The highest BCUT2D eigenvalue weighted by Gasteiger charge is 2.40. The van der Waals surface area contributed by atoms with Gasteiger partial charge in [-0.3, -0.25) is 4.68 Å². The van der Waals surface area contributed by atoms with Crippen molar-refractivity contribution < 1.29 is 5.11 Å². The van der Waals surface area contributed by atoms with Crippen molar-refractivity contribution >= 4 is 13.3 Å². The molecule has 1 fully saturated rings. The fourth-order valence-corrected chi connectivity index (χ4v) is 1.07. The number of hydrogen-bond donors (Lipinski definition) is 1. The molecule has 0 amide bonds. The summed E-state index contributed by atoms with van der Waals surface area (Å²) in [6, 6.07) is 0. The molecule has 4 heteroatoms. The Kier molecular flexibility index (Phi) is 1.33. The van der Waals surface area contributed by atoms with E-state index in [1.54, 1.807) is 17.1 Å². The van der Waals surface area contributed by atoms with Crippen LogP contribution in [0.2, 0.25) is 0 Å². The first kappa shape index (κ1) is 6.92. The summed E-state index contributed by atoms with van der Waals surface area (Å²) >= 11 is 0. The molecule has 1 N–H and O–H groups in total. The molecule has 0 bridgehead atoms. The molecule has 1 aliphatic carbocycles. The first-order valence-electron chi connectivity index (χ1n) is 3.68. The highest BCUT2D eigenvalue weighted by Crippen LogP contribution is 2.36. The van der Waals surface area contributed by atoms with Crippen LogP contribution >= 0.6 is 0 Å². The van der Waals surface area contributed by atoms with Crippen LogP contribution in [0.15, 0.2) is 12.4 Å². The minimum atomic E-state index is -0.488. The van der Waals surface area contributed by atoms with Crippen LogP contribution in [0.25, 0.3) is 0 Å². The van der Waals surface area contributed by atoms with Gasteiger partial charge in [0.05, 0.1) is 12.1 Å². The summed E-state index contributed by atoms with van der Waals surface area (Å²) in [4.78, 5) is 0. The lowest BCUT2D eigenvalue weighted by Crippen LogP contribution is -2.17. The van der Waals surface area contributed by atoms with Gasteiger partial charge in [-0.1, -0.05) is 5.46 Å². The molecule has 0 unspecified atom stereocenters. The highest BCUT2D eigenvalue weighted by molar-refractivity contribution is 6.31. The Morgan fingerprint density at radius 2 is 2.45 bits per heavy atom. The standard InChI is InChI=1S/C7H9BN2O/c8-6-3-9-10(4-6)5-7(11)1-2-7/h3-4,11H,1-2,5H2. The molecule has 56 valence electrons. The van der Waals surface area contributed by atoms with E-state index >= 15 is 0 Å². The van der Waals surface area contributed by atoms with Crippen LogP contribution in [0.4, 0.5) is 0 Å². The Balaban J connectivity index is 2.06. The summed E-state index contributed by atoms with van der Waals surface area (Å²) in [5, 5.41) is 13.5. The van der Waals surface area contributed by atoms with Crippen LogP contribution in [0.3, 0.4) is 0 Å². The number of aromatic nitrogens is 2. The Bertz CT molecular complexity index is 267. The van der Waals surface area contributed by atoms with Gasteiger partial charge in [-0.2, -0.15) is 5.10 Å². The van der Waals surface area contributed by atoms with E-state index in [-0.39, 0.29) is 0 Å². The molecule has 0 spiro atoms. The smallest absolute Gasteiger partial charge is 0.118 e. The van der Waals surface area contributed by atoms with Gasteiger partial charge in [0.2, 0.25) is 0 Å². The second kappa shape index (κ2) is 2.11. The topological polar surface area (TPSA) is 38.0 Å². The predicted octanol–water partition coefficient (Wildman–Crippen LogP) is -0.798. The van der Waals surface area contributed by atoms with Crippen molar-refractivity contribution in [2.45, 2.75) is 25.0 Å². The zero-order valence-electron chi connectivity index (χ0n) is 6.20. The van der Waals surface area contributed by atoms with E-state index in [9.17, 15) is 5.11 Å². The second-order valence-electron chi connectivity index (χ2n) is 3.20. The molecule has 0 atom stereocenters. The molecule has 0 aliphatic heterocycles. The first-order chi connectivity index (χ1) is 5.18. The van der Waals surface area contributed by atoms with Crippen LogP contribution in [-0.4, -0.2) is 28.3 Å². The molecule has 0 saturated heterocycles. The quantitative estimate of drug-likeness (QED) is 0.557. The van der Waals surface area contributed by atoms with E-state index in [0.717, 1.165) is 12.8 Å². The Morgan fingerprint density at radius 3 is 2.91 bits per heavy atom. The lowest BCUT2D eigenvalue weighted by molar-refractivity contribution is 0.125. The van der Waals surface area contributed by atoms with Crippen LogP contribution in [0.5, 0.6) is 0 Å². The first-order valence-corrected chi connectivity index (χ1v) is 3.68. The van der Waals surface area contributed by atoms with Gasteiger partial charge in [-0.05, 0) is 12.8 Å². The fourth-order valence-electron chi connectivity index (χ4n) is 1.07. The van der Waals surface area contributed by atoms with Crippen molar-refractivity contribution in [1.82, 2.24) is 9.78 Å². The van der Waals surface area contributed by atoms with Gasteiger partial charge in [-0.15, -0.1) is 0 Å². The fraction of sp³-hybridized carbons (Fsp3) is 0.571. The second-order valence-corrected chi connectivity index (χ2v) is 3.20. The summed E-state index contributed by atoms with van der Waals surface area (Å²) in [5.74, 6) is 0. The Labute approximate surface area is 66.4 Å². The molecule has 0 aromatic carbocycles. The number of aliphatic hydroxyl groups is 1. The molecule has 2 radical (unpaired) electrons. The van der Waals surface area contributed by atoms with Gasteiger partial charge in [0.25, 0.3) is 0 Å². The van der Waals surface area contributed by atoms with Crippen molar-refractivity contribution in [1.29, 1.82) is 0 Å². The summed E-state index contributed by atoms with van der Waals surface area (Å²) in [5.41, 5.74) is 0.160. The molecule has 1 aliphatic rings. The largest absolute Gasteiger partial charge is 0.388 e. The van der Waals surface area contributed by atoms with Crippen LogP contribution in [0.1, 0.15) is 12.8 Å². The minimum absolute atomic E-state index is 0.488. The summed E-state index contributed by atoms with van der Waals surface area (Å²) in [6.45, 7) is 0.574. The average molecular weight is 148 g/mol. The number of rotatable bonds is 2. The van der Waals surface area contributed by atoms with Crippen LogP contribution in [-0.2, 0) is 6.54 Å². The van der Waals surface area contributed by atoms with E-state index in [0.29, 0.717) is 12.0 Å². The zero-order chi connectivity index (χ0) is 7.90. The number of nitrogens with zero attached hydrogens (tertiary/aromatic N) is 2. The van der Waals surface area contributed by atoms with E-state index in [2.05, 4.69) is 5.10 Å². The van der Waals surface area contributed by atoms with E-state index < -0.39 is 5.60 Å². The van der Waals surface area contributed by atoms with Crippen molar-refractivity contribution in [3.63, 3.8) is 0 Å². The van der Waals surface area contributed by atoms with Gasteiger partial charge < -0.3 is 5.11 Å². The minimum Gasteiger partial charge on any atom is -0.388 e. The maximum Gasteiger partial charge on any atom is 0.118 e. The van der Waals surface area contributed by atoms with Crippen molar-refractivity contribution in [2.75, 3.05) is 0 Å². The predicted molar refractivity (Wildman–Crippen MR) is 41.8 cm³/mol. The Hall–Kier alpha value is -0.765. The lowest BCUT2D eigenvalue weighted by atomic mass is 10.0. The van der Waals surface area contributed by atoms with Crippen LogP contribution < -0.4 is 5.46 Å². The molecule has 11 heavy (non-hydrogen) atoms. The van der Waals surface area contributed by atoms with Crippen LogP contribution in [0, 0.1) is 0 Å². The van der Waals surface area contributed by atoms with Crippen molar-refractivity contribution in [3.8, 4) is 0 Å². The SMILES string of the molecule is [B]c1cnn(CC2(O)CC2)c1. The van der Waals surface area contributed by atoms with Crippen molar-refractivity contribution in [2.24, 2.45) is 0 Å². The molecule has 1 aromatic rings. The van der Waals surface area contributed by atoms with Gasteiger partial charge in [0.15, 0.2) is 0 Å². The third kappa shape index (κ3) is 1.45. The van der Waals surface area contributed by atoms with E-state index in [4.69, 9.17) is 7.85 Å². The molecule has 1 aromatic heterocycles. The maximum atomic E-state index is 9.49. The number of hydrogen-bond acceptors (Lipinski definition) is 2. The van der Waals surface area contributed by atoms with Crippen molar-refractivity contribution in [3.05, 3.63) is 12.4 Å². The normalized spacial score (nSPS) is 20.1. The zero-order valence-corrected chi connectivity index (χ0v) is 6.20. The van der Waals surface area contributed by atoms with Gasteiger partial charge in [0.1, 0.15) is 7.85 Å². The third-order valence-electron chi connectivity index (χ3n) is 1.94. The lowest BCUT2D eigenvalue weighted by Gasteiger charge is -2.05. The monoisotopic (exact) mass is 148 g/mol. The van der Waals surface area contributed by atoms with Gasteiger partial charge in [0, 0.05) is 12.4 Å². The van der Waals surface area contributed by atoms with Gasteiger partial charge in [-0.25, -0.2) is 0 Å². The molecule has 1 heterocycles. The maximum absolute atomic E-state index is 9.49. The Morgan fingerprint density at radius 1 is 1.73 bits per heavy atom. The molecule has 1 saturated carbocycles. The highest BCUT2D eigenvalue weighted by atomic mass is 16.3. The summed E-state index contributed by atoms with van der Waals surface area (Å²) < 4.78 is 1.68. The molecule has 3 nitrogen and oxygen atoms in total. The van der Waals surface area contributed by atoms with E-state index in [1.165, 1.54) is 0 Å². The summed E-state index contributed by atoms with van der Waals surface area (Å²) in [7, 11) is 5.45. The molecular formula is C7H9BN2O. The van der Waals surface area contributed by atoms with E-state index in [1.807, 2.05) is 0 Å². The van der Waals surface area contributed by atoms with Gasteiger partial charge >= 0.3 is 0 Å². The molecule has 2 rings (SSSR count). The molecular weight excluding hydrogens is 139 g/mol. The summed E-state index contributed by atoms with van der Waals surface area (Å²) in [6.07, 6.45) is 5.08. The third-order valence-corrected chi connectivity index (χ3v) is 1.94. The average Bonchev–Trinajstić information content (AvgIpc) is 2.49.